The molecular weight excluding hydrogens is 322 g/mol. The molecule has 1 aromatic heterocycles. The topological polar surface area (TPSA) is 80.6 Å². The average Bonchev–Trinajstić information content (AvgIpc) is 3.02. The molecular formula is C18H17N3O4. The predicted octanol–water partition coefficient (Wildman–Crippen LogP) is 1.01. The number of likely N-dealkylation sites (N-methyl/N-ethyl adjacent to an activating group) is 1. The van der Waals surface area contributed by atoms with Crippen LogP contribution in [0.15, 0.2) is 41.3 Å². The second kappa shape index (κ2) is 5.77. The van der Waals surface area contributed by atoms with E-state index in [1.807, 2.05) is 22.8 Å². The van der Waals surface area contributed by atoms with Gasteiger partial charge in [-0.05, 0) is 36.6 Å². The molecule has 2 aliphatic rings. The largest absolute Gasteiger partial charge is 0.434 e. The van der Waals surface area contributed by atoms with E-state index in [0.717, 1.165) is 29.8 Å². The highest BCUT2D eigenvalue weighted by molar-refractivity contribution is 5.95. The van der Waals surface area contributed by atoms with Crippen LogP contribution in [0.5, 0.6) is 0 Å². The fourth-order valence-electron chi connectivity index (χ4n) is 3.36. The Balaban J connectivity index is 1.67. The number of nitrogens with one attached hydrogen (secondary N) is 1. The minimum atomic E-state index is -0.792. The van der Waals surface area contributed by atoms with E-state index in [2.05, 4.69) is 5.32 Å². The summed E-state index contributed by atoms with van der Waals surface area (Å²) in [5, 5.41) is 2.49. The lowest BCUT2D eigenvalue weighted by atomic mass is 9.99. The first-order valence-corrected chi connectivity index (χ1v) is 8.11. The summed E-state index contributed by atoms with van der Waals surface area (Å²) in [6, 6.07) is 8.91. The van der Waals surface area contributed by atoms with E-state index in [1.54, 1.807) is 12.3 Å². The second-order valence-electron chi connectivity index (χ2n) is 6.13. The smallest absolute Gasteiger partial charge is 0.415 e. The van der Waals surface area contributed by atoms with E-state index >= 15 is 0 Å². The van der Waals surface area contributed by atoms with Crippen molar-refractivity contribution in [3.05, 3.63) is 58.0 Å². The molecule has 3 heterocycles. The highest BCUT2D eigenvalue weighted by Gasteiger charge is 2.36. The summed E-state index contributed by atoms with van der Waals surface area (Å²) < 4.78 is 7.13. The monoisotopic (exact) mass is 339 g/mol. The Hall–Kier alpha value is -3.09. The molecule has 0 aliphatic carbocycles. The van der Waals surface area contributed by atoms with Gasteiger partial charge >= 0.3 is 6.09 Å². The Morgan fingerprint density at radius 3 is 2.84 bits per heavy atom. The zero-order chi connectivity index (χ0) is 17.6. The van der Waals surface area contributed by atoms with Crippen LogP contribution < -0.4 is 15.6 Å². The van der Waals surface area contributed by atoms with Gasteiger partial charge in [-0.25, -0.2) is 4.79 Å². The highest BCUT2D eigenvalue weighted by atomic mass is 16.6. The molecule has 2 amide bonds. The van der Waals surface area contributed by atoms with Gasteiger partial charge in [-0.15, -0.1) is 0 Å². The number of carbonyl (C=O) groups excluding carboxylic acids is 2. The van der Waals surface area contributed by atoms with Crippen molar-refractivity contribution < 1.29 is 14.3 Å². The number of rotatable bonds is 2. The Morgan fingerprint density at radius 2 is 2.04 bits per heavy atom. The minimum Gasteiger partial charge on any atom is -0.434 e. The van der Waals surface area contributed by atoms with E-state index < -0.39 is 12.2 Å². The number of ether oxygens (including phenoxy) is 1. The molecule has 7 heteroatoms. The van der Waals surface area contributed by atoms with Gasteiger partial charge in [0, 0.05) is 42.4 Å². The summed E-state index contributed by atoms with van der Waals surface area (Å²) >= 11 is 0. The van der Waals surface area contributed by atoms with E-state index in [4.69, 9.17) is 4.74 Å². The van der Waals surface area contributed by atoms with Gasteiger partial charge in [-0.1, -0.05) is 0 Å². The molecule has 0 saturated carbocycles. The van der Waals surface area contributed by atoms with Gasteiger partial charge in [0.05, 0.1) is 6.54 Å². The maximum absolute atomic E-state index is 12.1. The van der Waals surface area contributed by atoms with Crippen LogP contribution >= 0.6 is 0 Å². The third-order valence-corrected chi connectivity index (χ3v) is 4.64. The number of fused-ring (bicyclic) bond motifs is 3. The molecule has 2 aromatic rings. The van der Waals surface area contributed by atoms with Crippen molar-refractivity contribution in [2.45, 2.75) is 18.9 Å². The molecule has 25 heavy (non-hydrogen) atoms. The average molecular weight is 339 g/mol. The van der Waals surface area contributed by atoms with Crippen LogP contribution in [0.2, 0.25) is 0 Å². The molecule has 0 radical (unpaired) electrons. The van der Waals surface area contributed by atoms with Gasteiger partial charge < -0.3 is 14.6 Å². The summed E-state index contributed by atoms with van der Waals surface area (Å²) in [6.45, 7) is 0.195. The Bertz CT molecular complexity index is 934. The van der Waals surface area contributed by atoms with Crippen molar-refractivity contribution in [2.75, 3.05) is 18.5 Å². The van der Waals surface area contributed by atoms with Crippen LogP contribution in [0.25, 0.3) is 5.69 Å². The van der Waals surface area contributed by atoms with Crippen LogP contribution in [0, 0.1) is 0 Å². The number of cyclic esters (lactones) is 1. The molecule has 2 aliphatic heterocycles. The maximum atomic E-state index is 12.1. The predicted molar refractivity (Wildman–Crippen MR) is 91.1 cm³/mol. The number of hydrogen-bond acceptors (Lipinski definition) is 4. The van der Waals surface area contributed by atoms with Crippen molar-refractivity contribution in [2.24, 2.45) is 0 Å². The normalized spacial score (nSPS) is 18.4. The lowest BCUT2D eigenvalue weighted by Crippen LogP contribution is -2.35. The Kier molecular flexibility index (Phi) is 3.56. The van der Waals surface area contributed by atoms with Crippen LogP contribution in [0.1, 0.15) is 11.3 Å². The molecule has 128 valence electrons. The van der Waals surface area contributed by atoms with E-state index in [1.165, 1.54) is 18.0 Å². The fourth-order valence-corrected chi connectivity index (χ4v) is 3.36. The van der Waals surface area contributed by atoms with Crippen molar-refractivity contribution in [3.63, 3.8) is 0 Å². The van der Waals surface area contributed by atoms with Gasteiger partial charge in [0.2, 0.25) is 0 Å². The van der Waals surface area contributed by atoms with Crippen molar-refractivity contribution in [1.82, 2.24) is 9.88 Å². The van der Waals surface area contributed by atoms with E-state index in [-0.39, 0.29) is 17.9 Å². The number of aromatic nitrogens is 1. The van der Waals surface area contributed by atoms with Gasteiger partial charge in [0.1, 0.15) is 0 Å². The third kappa shape index (κ3) is 2.57. The van der Waals surface area contributed by atoms with Gasteiger partial charge in [-0.2, -0.15) is 0 Å². The second-order valence-corrected chi connectivity index (χ2v) is 6.13. The molecule has 0 unspecified atom stereocenters. The lowest BCUT2D eigenvalue weighted by molar-refractivity contribution is -0.127. The first kappa shape index (κ1) is 15.4. The van der Waals surface area contributed by atoms with Gasteiger partial charge in [0.15, 0.2) is 11.5 Å². The van der Waals surface area contributed by atoms with Crippen LogP contribution in [0.4, 0.5) is 10.5 Å². The van der Waals surface area contributed by atoms with E-state index in [0.29, 0.717) is 5.69 Å². The molecule has 1 fully saturated rings. The summed E-state index contributed by atoms with van der Waals surface area (Å²) in [7, 11) is 1.51. The number of hydrogen-bond donors (Lipinski definition) is 1. The number of benzene rings is 1. The highest BCUT2D eigenvalue weighted by Crippen LogP contribution is 2.30. The molecule has 1 atom stereocenters. The quantitative estimate of drug-likeness (QED) is 0.885. The molecule has 1 N–H and O–H groups in total. The van der Waals surface area contributed by atoms with E-state index in [9.17, 15) is 14.4 Å². The SMILES string of the molecule is CNC(=O)[C@H]1CN(c2ccc3c(c2)CCc2cc(=O)ccn2-3)C(=O)O1. The van der Waals surface area contributed by atoms with Crippen molar-refractivity contribution in [3.8, 4) is 5.69 Å². The zero-order valence-electron chi connectivity index (χ0n) is 13.7. The standard InChI is InChI=1S/C18H17N3O4/c1-19-17(23)16-10-21(18(24)25-16)12-4-5-15-11(8-12)2-3-13-9-14(22)6-7-20(13)15/h4-9,16H,2-3,10H2,1H3,(H,19,23)/t16-/m1/s1. The molecule has 1 saturated heterocycles. The van der Waals surface area contributed by atoms with Crippen LogP contribution in [-0.4, -0.2) is 36.3 Å². The summed E-state index contributed by atoms with van der Waals surface area (Å²) in [6.07, 6.45) is 2.01. The fraction of sp³-hybridized carbons (Fsp3) is 0.278. The number of nitrogens with zero attached hydrogens (tertiary/aromatic N) is 2. The molecule has 0 spiro atoms. The zero-order valence-corrected chi connectivity index (χ0v) is 13.7. The summed E-state index contributed by atoms with van der Waals surface area (Å²) in [5.74, 6) is -0.313. The van der Waals surface area contributed by atoms with Gasteiger partial charge in [-0.3, -0.25) is 14.5 Å². The molecule has 4 rings (SSSR count). The Morgan fingerprint density at radius 1 is 1.20 bits per heavy atom. The summed E-state index contributed by atoms with van der Waals surface area (Å²) in [4.78, 5) is 36.8. The number of anilines is 1. The minimum absolute atomic E-state index is 0.00590. The third-order valence-electron chi connectivity index (χ3n) is 4.64. The van der Waals surface area contributed by atoms with Crippen LogP contribution in [-0.2, 0) is 22.4 Å². The van der Waals surface area contributed by atoms with Crippen molar-refractivity contribution in [1.29, 1.82) is 0 Å². The lowest BCUT2D eigenvalue weighted by Gasteiger charge is -2.24. The molecule has 0 bridgehead atoms. The number of aryl methyl sites for hydroxylation is 2. The number of amides is 2. The van der Waals surface area contributed by atoms with Crippen LogP contribution in [0.3, 0.4) is 0 Å². The number of pyridine rings is 1. The first-order valence-electron chi connectivity index (χ1n) is 8.11. The summed E-state index contributed by atoms with van der Waals surface area (Å²) in [5.41, 5.74) is 3.78. The Labute approximate surface area is 143 Å². The first-order chi connectivity index (χ1) is 12.1. The maximum Gasteiger partial charge on any atom is 0.415 e. The van der Waals surface area contributed by atoms with Crippen molar-refractivity contribution >= 4 is 17.7 Å². The number of carbonyl (C=O) groups is 2. The van der Waals surface area contributed by atoms with Gasteiger partial charge in [0.25, 0.3) is 5.91 Å². The molecule has 1 aromatic carbocycles. The molecule has 7 nitrogen and oxygen atoms in total.